The van der Waals surface area contributed by atoms with Gasteiger partial charge in [0.05, 0.1) is 23.5 Å². The smallest absolute Gasteiger partial charge is 0.167 e. The van der Waals surface area contributed by atoms with Gasteiger partial charge in [-0.25, -0.2) is 15.0 Å². The van der Waals surface area contributed by atoms with Gasteiger partial charge in [0.15, 0.2) is 17.5 Å². The molecule has 0 N–H and O–H groups in total. The highest BCUT2D eigenvalue weighted by Crippen LogP contribution is 2.50. The van der Waals surface area contributed by atoms with Crippen LogP contribution in [0.5, 0.6) is 0 Å². The van der Waals surface area contributed by atoms with E-state index in [1.807, 2.05) is 60.7 Å². The van der Waals surface area contributed by atoms with E-state index in [1.54, 1.807) is 0 Å². The standard InChI is InChI=1S/C54H36N4O/c1-54(2)44-24-12-9-20-38(44)41-30-35(28-29-45(41)54)52-55-51(34-18-7-4-8-19-34)56-53(57-52)43-32-36(58-46-25-13-10-21-39(46)40-22-11-14-26-47(40)58)31-42-49-37(33-16-5-3-6-17-33)23-15-27-48(49)59-50(42)43/h3-32H,1-2H3/i4D,7D,8D,18D,19D. The first-order valence-corrected chi connectivity index (χ1v) is 19.7. The Morgan fingerprint density at radius 2 is 1.14 bits per heavy atom. The fourth-order valence-electron chi connectivity index (χ4n) is 9.23. The van der Waals surface area contributed by atoms with Gasteiger partial charge in [-0.15, -0.1) is 0 Å². The van der Waals surface area contributed by atoms with Crippen molar-refractivity contribution in [1.29, 1.82) is 0 Å². The molecule has 0 unspecified atom stereocenters. The molecule has 11 aromatic rings. The Morgan fingerprint density at radius 3 is 1.92 bits per heavy atom. The molecule has 0 saturated carbocycles. The van der Waals surface area contributed by atoms with Crippen LogP contribution in [0.2, 0.25) is 0 Å². The van der Waals surface area contributed by atoms with Crippen molar-refractivity contribution in [3.05, 3.63) is 193 Å². The van der Waals surface area contributed by atoms with Crippen LogP contribution in [0.3, 0.4) is 0 Å². The number of para-hydroxylation sites is 2. The van der Waals surface area contributed by atoms with Gasteiger partial charge >= 0.3 is 0 Å². The van der Waals surface area contributed by atoms with Crippen molar-refractivity contribution in [3.63, 3.8) is 0 Å². The Hall–Kier alpha value is -7.63. The number of fused-ring (bicyclic) bond motifs is 9. The van der Waals surface area contributed by atoms with E-state index in [0.717, 1.165) is 60.5 Å². The number of aromatic nitrogens is 4. The highest BCUT2D eigenvalue weighted by atomic mass is 16.3. The normalized spacial score (nSPS) is 14.2. The van der Waals surface area contributed by atoms with Crippen LogP contribution < -0.4 is 0 Å². The minimum atomic E-state index is -0.495. The van der Waals surface area contributed by atoms with E-state index in [2.05, 4.69) is 109 Å². The summed E-state index contributed by atoms with van der Waals surface area (Å²) in [6, 6.07) is 49.5. The number of hydrogen-bond donors (Lipinski definition) is 0. The average molecular weight is 762 g/mol. The van der Waals surface area contributed by atoms with Gasteiger partial charge in [-0.05, 0) is 69.8 Å². The van der Waals surface area contributed by atoms with Crippen LogP contribution in [0.4, 0.5) is 0 Å². The Bertz CT molecular complexity index is 3700. The molecule has 12 rings (SSSR count). The highest BCUT2D eigenvalue weighted by molar-refractivity contribution is 6.16. The molecule has 1 aliphatic rings. The van der Waals surface area contributed by atoms with E-state index in [1.165, 1.54) is 11.1 Å². The molecule has 0 atom stereocenters. The molecular weight excluding hydrogens is 721 g/mol. The summed E-state index contributed by atoms with van der Waals surface area (Å²) in [5, 5.41) is 3.97. The van der Waals surface area contributed by atoms with E-state index < -0.39 is 30.2 Å². The molecule has 0 fully saturated rings. The fourth-order valence-corrected chi connectivity index (χ4v) is 9.23. The zero-order valence-electron chi connectivity index (χ0n) is 37.1. The average Bonchev–Trinajstić information content (AvgIpc) is 3.95. The van der Waals surface area contributed by atoms with E-state index >= 15 is 0 Å². The molecule has 59 heavy (non-hydrogen) atoms. The summed E-state index contributed by atoms with van der Waals surface area (Å²) >= 11 is 0. The van der Waals surface area contributed by atoms with E-state index in [-0.39, 0.29) is 28.5 Å². The number of furan rings is 1. The van der Waals surface area contributed by atoms with Crippen LogP contribution in [-0.2, 0) is 5.41 Å². The molecule has 0 radical (unpaired) electrons. The number of nitrogens with zero attached hydrogens (tertiary/aromatic N) is 4. The maximum Gasteiger partial charge on any atom is 0.167 e. The molecule has 0 saturated heterocycles. The van der Waals surface area contributed by atoms with Gasteiger partial charge in [0.1, 0.15) is 11.2 Å². The molecule has 0 aliphatic heterocycles. The zero-order chi connectivity index (χ0) is 43.6. The van der Waals surface area contributed by atoms with Gasteiger partial charge in [0.25, 0.3) is 0 Å². The van der Waals surface area contributed by atoms with Crippen LogP contribution in [0.25, 0.3) is 106 Å². The maximum atomic E-state index is 9.05. The van der Waals surface area contributed by atoms with Crippen LogP contribution in [0.15, 0.2) is 186 Å². The van der Waals surface area contributed by atoms with Gasteiger partial charge < -0.3 is 8.98 Å². The third-order valence-electron chi connectivity index (χ3n) is 11.9. The molecule has 3 heterocycles. The van der Waals surface area contributed by atoms with E-state index in [4.69, 9.17) is 26.2 Å². The third-order valence-corrected chi connectivity index (χ3v) is 11.9. The largest absolute Gasteiger partial charge is 0.455 e. The minimum absolute atomic E-state index is 0.0465. The molecule has 5 heteroatoms. The Labute approximate surface area is 347 Å². The minimum Gasteiger partial charge on any atom is -0.455 e. The predicted octanol–water partition coefficient (Wildman–Crippen LogP) is 13.8. The molecule has 0 bridgehead atoms. The Kier molecular flexibility index (Phi) is 6.18. The topological polar surface area (TPSA) is 56.7 Å². The van der Waals surface area contributed by atoms with Crippen molar-refractivity contribution in [2.75, 3.05) is 0 Å². The second kappa shape index (κ2) is 12.7. The van der Waals surface area contributed by atoms with Crippen molar-refractivity contribution in [1.82, 2.24) is 19.5 Å². The van der Waals surface area contributed by atoms with Crippen molar-refractivity contribution in [2.24, 2.45) is 0 Å². The Balaban J connectivity index is 1.20. The molecule has 278 valence electrons. The molecule has 1 aliphatic carbocycles. The predicted molar refractivity (Wildman–Crippen MR) is 241 cm³/mol. The maximum absolute atomic E-state index is 9.05. The first-order valence-electron chi connectivity index (χ1n) is 22.2. The highest BCUT2D eigenvalue weighted by Gasteiger charge is 2.35. The zero-order valence-corrected chi connectivity index (χ0v) is 32.1. The quantitative estimate of drug-likeness (QED) is 0.175. The van der Waals surface area contributed by atoms with E-state index in [9.17, 15) is 0 Å². The summed E-state index contributed by atoms with van der Waals surface area (Å²) < 4.78 is 52.8. The summed E-state index contributed by atoms with van der Waals surface area (Å²) in [6.45, 7) is 4.45. The fraction of sp³-hybridized carbons (Fsp3) is 0.0556. The monoisotopic (exact) mass is 761 g/mol. The summed E-state index contributed by atoms with van der Waals surface area (Å²) in [6.07, 6.45) is 0. The lowest BCUT2D eigenvalue weighted by Crippen LogP contribution is -2.14. The summed E-state index contributed by atoms with van der Waals surface area (Å²) in [5.41, 5.74) is 11.6. The van der Waals surface area contributed by atoms with Crippen LogP contribution in [0.1, 0.15) is 31.8 Å². The summed E-state index contributed by atoms with van der Waals surface area (Å²) in [5.74, 6) is 0.462. The summed E-state index contributed by atoms with van der Waals surface area (Å²) in [4.78, 5) is 15.3. The van der Waals surface area contributed by atoms with Crippen LogP contribution in [0, 0.1) is 0 Å². The lowest BCUT2D eigenvalue weighted by Gasteiger charge is -2.21. The number of rotatable bonds is 5. The van der Waals surface area contributed by atoms with Gasteiger partial charge in [-0.3, -0.25) is 0 Å². The second-order valence-electron chi connectivity index (χ2n) is 15.6. The molecule has 0 amide bonds. The lowest BCUT2D eigenvalue weighted by atomic mass is 9.82. The first kappa shape index (κ1) is 28.7. The molecule has 3 aromatic heterocycles. The first-order chi connectivity index (χ1) is 31.1. The van der Waals surface area contributed by atoms with Gasteiger partial charge in [-0.2, -0.15) is 0 Å². The number of hydrogen-bond acceptors (Lipinski definition) is 4. The van der Waals surface area contributed by atoms with Crippen molar-refractivity contribution in [3.8, 4) is 62.1 Å². The molecular formula is C54H36N4O. The van der Waals surface area contributed by atoms with Crippen molar-refractivity contribution >= 4 is 43.7 Å². The Morgan fingerprint density at radius 1 is 0.492 bits per heavy atom. The molecule has 8 aromatic carbocycles. The number of benzene rings is 8. The van der Waals surface area contributed by atoms with Crippen LogP contribution >= 0.6 is 0 Å². The second-order valence-corrected chi connectivity index (χ2v) is 15.6. The van der Waals surface area contributed by atoms with Gasteiger partial charge in [0.2, 0.25) is 0 Å². The summed E-state index contributed by atoms with van der Waals surface area (Å²) in [7, 11) is 0. The molecule has 0 spiro atoms. The third kappa shape index (κ3) is 5.08. The lowest BCUT2D eigenvalue weighted by molar-refractivity contribution is 0.660. The van der Waals surface area contributed by atoms with Crippen molar-refractivity contribution < 1.29 is 11.3 Å². The van der Waals surface area contributed by atoms with Crippen molar-refractivity contribution in [2.45, 2.75) is 19.3 Å². The molecule has 5 nitrogen and oxygen atoms in total. The SMILES string of the molecule is [2H]c1c([2H])c([2H])c(-c2nc(-c3ccc4c(c3)-c3ccccc3C4(C)C)nc(-c3cc(-n4c5ccccc5c5ccccc54)cc4c3oc3cccc(-c5ccccc5)c34)n2)c([2H])c1[2H]. The van der Waals surface area contributed by atoms with E-state index in [0.29, 0.717) is 22.3 Å². The van der Waals surface area contributed by atoms with Gasteiger partial charge in [0, 0.05) is 43.8 Å². The van der Waals surface area contributed by atoms with Gasteiger partial charge in [-0.1, -0.05) is 159 Å². The van der Waals surface area contributed by atoms with Crippen LogP contribution in [-0.4, -0.2) is 19.5 Å².